The molecular weight excluding hydrogens is 219 g/mol. The van der Waals surface area contributed by atoms with Crippen LogP contribution >= 0.6 is 0 Å². The third kappa shape index (κ3) is 2.31. The van der Waals surface area contributed by atoms with E-state index in [-0.39, 0.29) is 17.8 Å². The van der Waals surface area contributed by atoms with E-state index >= 15 is 0 Å². The molecule has 0 aliphatic carbocycles. The van der Waals surface area contributed by atoms with Crippen molar-refractivity contribution < 1.29 is 9.18 Å². The van der Waals surface area contributed by atoms with Gasteiger partial charge in [0.1, 0.15) is 5.82 Å². The molecule has 1 saturated heterocycles. The van der Waals surface area contributed by atoms with Crippen LogP contribution in [0.25, 0.3) is 0 Å². The first-order valence-electron chi connectivity index (χ1n) is 5.94. The second-order valence-corrected chi connectivity index (χ2v) is 4.32. The van der Waals surface area contributed by atoms with Crippen LogP contribution in [0.5, 0.6) is 0 Å². The number of rotatable bonds is 3. The average molecular weight is 236 g/mol. The average Bonchev–Trinajstić information content (AvgIpc) is 2.65. The van der Waals surface area contributed by atoms with E-state index in [1.165, 1.54) is 12.1 Å². The number of likely N-dealkylation sites (N-methyl/N-ethyl adjacent to an activating group) is 1. The fraction of sp³-hybridized carbons (Fsp3) is 0.462. The van der Waals surface area contributed by atoms with Gasteiger partial charge in [0.15, 0.2) is 0 Å². The van der Waals surface area contributed by atoms with Crippen LogP contribution in [0.4, 0.5) is 10.1 Å². The van der Waals surface area contributed by atoms with Crippen molar-refractivity contribution in [2.45, 2.75) is 26.3 Å². The van der Waals surface area contributed by atoms with E-state index in [2.05, 4.69) is 5.32 Å². The molecule has 0 spiro atoms. The third-order valence-corrected chi connectivity index (χ3v) is 3.12. The van der Waals surface area contributed by atoms with Gasteiger partial charge in [0.05, 0.1) is 6.04 Å². The van der Waals surface area contributed by atoms with Crippen molar-refractivity contribution in [1.29, 1.82) is 0 Å². The number of carbonyl (C=O) groups excluding carboxylic acids is 1. The van der Waals surface area contributed by atoms with Crippen molar-refractivity contribution in [3.63, 3.8) is 0 Å². The first kappa shape index (κ1) is 12.0. The topological polar surface area (TPSA) is 32.3 Å². The number of anilines is 1. The maximum atomic E-state index is 13.2. The molecule has 92 valence electrons. The SMILES string of the molecule is CCNC1CCN(c2cc(F)ccc2C)C1=O. The van der Waals surface area contributed by atoms with Gasteiger partial charge in [0.2, 0.25) is 5.91 Å². The quantitative estimate of drug-likeness (QED) is 0.868. The zero-order valence-electron chi connectivity index (χ0n) is 10.2. The molecule has 1 unspecified atom stereocenters. The first-order chi connectivity index (χ1) is 8.13. The standard InChI is InChI=1S/C13H17FN2O/c1-3-15-11-6-7-16(13(11)17)12-8-10(14)5-4-9(12)2/h4-5,8,11,15H,3,6-7H2,1-2H3. The number of nitrogens with zero attached hydrogens (tertiary/aromatic N) is 1. The van der Waals surface area contributed by atoms with Gasteiger partial charge < -0.3 is 10.2 Å². The smallest absolute Gasteiger partial charge is 0.244 e. The summed E-state index contributed by atoms with van der Waals surface area (Å²) in [6.07, 6.45) is 0.780. The summed E-state index contributed by atoms with van der Waals surface area (Å²) in [6, 6.07) is 4.43. The molecule has 1 aromatic carbocycles. The van der Waals surface area contributed by atoms with E-state index in [1.54, 1.807) is 11.0 Å². The second-order valence-electron chi connectivity index (χ2n) is 4.32. The minimum Gasteiger partial charge on any atom is -0.311 e. The van der Waals surface area contributed by atoms with Gasteiger partial charge in [-0.1, -0.05) is 13.0 Å². The van der Waals surface area contributed by atoms with E-state index < -0.39 is 0 Å². The third-order valence-electron chi connectivity index (χ3n) is 3.12. The predicted octanol–water partition coefficient (Wildman–Crippen LogP) is 1.85. The van der Waals surface area contributed by atoms with E-state index in [9.17, 15) is 9.18 Å². The predicted molar refractivity (Wildman–Crippen MR) is 65.6 cm³/mol. The Morgan fingerprint density at radius 3 is 3.00 bits per heavy atom. The zero-order chi connectivity index (χ0) is 12.4. The van der Waals surface area contributed by atoms with Crippen molar-refractivity contribution in [3.05, 3.63) is 29.6 Å². The fourth-order valence-electron chi connectivity index (χ4n) is 2.23. The number of hydrogen-bond donors (Lipinski definition) is 1. The van der Waals surface area contributed by atoms with Crippen molar-refractivity contribution in [2.75, 3.05) is 18.0 Å². The van der Waals surface area contributed by atoms with Crippen molar-refractivity contribution in [1.82, 2.24) is 5.32 Å². The lowest BCUT2D eigenvalue weighted by atomic mass is 10.2. The van der Waals surface area contributed by atoms with Crippen LogP contribution in [0.2, 0.25) is 0 Å². The summed E-state index contributed by atoms with van der Waals surface area (Å²) in [6.45, 7) is 5.29. The highest BCUT2D eigenvalue weighted by molar-refractivity contribution is 6.00. The zero-order valence-corrected chi connectivity index (χ0v) is 10.2. The molecule has 1 atom stereocenters. The Labute approximate surface area is 101 Å². The minimum absolute atomic E-state index is 0.0422. The number of carbonyl (C=O) groups is 1. The molecule has 3 nitrogen and oxygen atoms in total. The van der Waals surface area contributed by atoms with Gasteiger partial charge in [0.25, 0.3) is 0 Å². The molecule has 1 aliphatic heterocycles. The summed E-state index contributed by atoms with van der Waals surface area (Å²) in [5, 5.41) is 3.14. The highest BCUT2D eigenvalue weighted by Gasteiger charge is 2.32. The molecule has 1 aliphatic rings. The number of hydrogen-bond acceptors (Lipinski definition) is 2. The Morgan fingerprint density at radius 2 is 2.29 bits per heavy atom. The fourth-order valence-corrected chi connectivity index (χ4v) is 2.23. The molecule has 1 fully saturated rings. The van der Waals surface area contributed by atoms with Gasteiger partial charge in [-0.05, 0) is 37.6 Å². The molecule has 0 aromatic heterocycles. The van der Waals surface area contributed by atoms with Gasteiger partial charge in [-0.2, -0.15) is 0 Å². The molecule has 17 heavy (non-hydrogen) atoms. The summed E-state index contributed by atoms with van der Waals surface area (Å²) in [4.78, 5) is 13.8. The second kappa shape index (κ2) is 4.84. The van der Waals surface area contributed by atoms with E-state index in [0.717, 1.165) is 18.5 Å². The lowest BCUT2D eigenvalue weighted by Crippen LogP contribution is -2.38. The number of halogens is 1. The van der Waals surface area contributed by atoms with Crippen LogP contribution in [0.3, 0.4) is 0 Å². The highest BCUT2D eigenvalue weighted by atomic mass is 19.1. The van der Waals surface area contributed by atoms with E-state index in [1.807, 2.05) is 13.8 Å². The monoisotopic (exact) mass is 236 g/mol. The van der Waals surface area contributed by atoms with E-state index in [4.69, 9.17) is 0 Å². The number of nitrogens with one attached hydrogen (secondary N) is 1. The first-order valence-corrected chi connectivity index (χ1v) is 5.94. The molecule has 1 N–H and O–H groups in total. The summed E-state index contributed by atoms with van der Waals surface area (Å²) in [7, 11) is 0. The number of benzene rings is 1. The van der Waals surface area contributed by atoms with Crippen molar-refractivity contribution >= 4 is 11.6 Å². The summed E-state index contributed by atoms with van der Waals surface area (Å²) >= 11 is 0. The summed E-state index contributed by atoms with van der Waals surface area (Å²) < 4.78 is 13.2. The number of aryl methyl sites for hydroxylation is 1. The van der Waals surface area contributed by atoms with Crippen LogP contribution in [0.1, 0.15) is 18.9 Å². The van der Waals surface area contributed by atoms with Crippen LogP contribution in [-0.4, -0.2) is 25.0 Å². The summed E-state index contributed by atoms with van der Waals surface area (Å²) in [5.74, 6) is -0.258. The van der Waals surface area contributed by atoms with Crippen LogP contribution in [-0.2, 0) is 4.79 Å². The van der Waals surface area contributed by atoms with Crippen LogP contribution in [0, 0.1) is 12.7 Å². The Bertz CT molecular complexity index is 433. The molecule has 1 heterocycles. The van der Waals surface area contributed by atoms with E-state index in [0.29, 0.717) is 12.2 Å². The Kier molecular flexibility index (Phi) is 3.43. The van der Waals surface area contributed by atoms with Crippen LogP contribution < -0.4 is 10.2 Å². The lowest BCUT2D eigenvalue weighted by Gasteiger charge is -2.19. The number of amides is 1. The molecule has 4 heteroatoms. The highest BCUT2D eigenvalue weighted by Crippen LogP contribution is 2.25. The lowest BCUT2D eigenvalue weighted by molar-refractivity contribution is -0.118. The van der Waals surface area contributed by atoms with Gasteiger partial charge >= 0.3 is 0 Å². The van der Waals surface area contributed by atoms with Gasteiger partial charge in [-0.15, -0.1) is 0 Å². The van der Waals surface area contributed by atoms with Crippen molar-refractivity contribution in [3.8, 4) is 0 Å². The van der Waals surface area contributed by atoms with Crippen LogP contribution in [0.15, 0.2) is 18.2 Å². The Hall–Kier alpha value is -1.42. The molecule has 1 aromatic rings. The summed E-state index contributed by atoms with van der Waals surface area (Å²) in [5.41, 5.74) is 1.62. The molecule has 1 amide bonds. The normalized spacial score (nSPS) is 20.1. The molecular formula is C13H17FN2O. The molecule has 2 rings (SSSR count). The van der Waals surface area contributed by atoms with Gasteiger partial charge in [-0.3, -0.25) is 4.79 Å². The molecule has 0 saturated carbocycles. The van der Waals surface area contributed by atoms with Crippen molar-refractivity contribution in [2.24, 2.45) is 0 Å². The Morgan fingerprint density at radius 1 is 1.53 bits per heavy atom. The van der Waals surface area contributed by atoms with Gasteiger partial charge in [0, 0.05) is 12.2 Å². The largest absolute Gasteiger partial charge is 0.311 e. The maximum absolute atomic E-state index is 13.2. The maximum Gasteiger partial charge on any atom is 0.244 e. The molecule has 0 bridgehead atoms. The molecule has 0 radical (unpaired) electrons. The minimum atomic E-state index is -0.301. The van der Waals surface area contributed by atoms with Gasteiger partial charge in [-0.25, -0.2) is 4.39 Å². The Balaban J connectivity index is 2.24.